The predicted molar refractivity (Wildman–Crippen MR) is 82.9 cm³/mol. The van der Waals surface area contributed by atoms with Gasteiger partial charge in [-0.3, -0.25) is 4.68 Å². The molecular weight excluding hydrogens is 262 g/mol. The van der Waals surface area contributed by atoms with Crippen molar-refractivity contribution in [3.63, 3.8) is 0 Å². The van der Waals surface area contributed by atoms with Gasteiger partial charge in [0.25, 0.3) is 0 Å². The molecule has 0 fully saturated rings. The summed E-state index contributed by atoms with van der Waals surface area (Å²) in [6.45, 7) is 4.65. The van der Waals surface area contributed by atoms with Crippen LogP contribution in [0.1, 0.15) is 41.6 Å². The SMILES string of the molecule is CCNC(CCc1cnn(C)c1)c1ccc2c(c1)COC2. The highest BCUT2D eigenvalue weighted by Crippen LogP contribution is 2.26. The van der Waals surface area contributed by atoms with Crippen molar-refractivity contribution < 1.29 is 4.74 Å². The van der Waals surface area contributed by atoms with Gasteiger partial charge in [-0.25, -0.2) is 0 Å². The Morgan fingerprint density at radius 2 is 2.19 bits per heavy atom. The van der Waals surface area contributed by atoms with E-state index >= 15 is 0 Å². The quantitative estimate of drug-likeness (QED) is 0.887. The fourth-order valence-corrected chi connectivity index (χ4v) is 2.95. The van der Waals surface area contributed by atoms with Gasteiger partial charge < -0.3 is 10.1 Å². The van der Waals surface area contributed by atoms with Gasteiger partial charge >= 0.3 is 0 Å². The van der Waals surface area contributed by atoms with Gasteiger partial charge in [0.1, 0.15) is 0 Å². The molecule has 1 aliphatic rings. The number of rotatable bonds is 6. The van der Waals surface area contributed by atoms with Gasteiger partial charge in [-0.05, 0) is 41.6 Å². The van der Waals surface area contributed by atoms with Crippen LogP contribution in [0.5, 0.6) is 0 Å². The molecule has 0 amide bonds. The molecule has 0 aliphatic carbocycles. The van der Waals surface area contributed by atoms with Crippen LogP contribution in [0.15, 0.2) is 30.6 Å². The first kappa shape index (κ1) is 14.3. The van der Waals surface area contributed by atoms with Crippen molar-refractivity contribution in [2.45, 2.75) is 39.0 Å². The van der Waals surface area contributed by atoms with Gasteiger partial charge in [-0.1, -0.05) is 25.1 Å². The van der Waals surface area contributed by atoms with Gasteiger partial charge in [0.05, 0.1) is 19.4 Å². The average molecular weight is 285 g/mol. The number of ether oxygens (including phenoxy) is 1. The second kappa shape index (κ2) is 6.41. The Bertz CT molecular complexity index is 606. The third-order valence-corrected chi connectivity index (χ3v) is 4.08. The zero-order chi connectivity index (χ0) is 14.7. The van der Waals surface area contributed by atoms with Crippen LogP contribution in [0.3, 0.4) is 0 Å². The summed E-state index contributed by atoms with van der Waals surface area (Å²) in [7, 11) is 1.96. The van der Waals surface area contributed by atoms with Crippen molar-refractivity contribution >= 4 is 0 Å². The molecule has 1 aromatic carbocycles. The van der Waals surface area contributed by atoms with Crippen LogP contribution in [0.25, 0.3) is 0 Å². The average Bonchev–Trinajstić information content (AvgIpc) is 3.11. The first-order valence-corrected chi connectivity index (χ1v) is 7.66. The molecule has 0 saturated carbocycles. The van der Waals surface area contributed by atoms with Gasteiger partial charge in [-0.15, -0.1) is 0 Å². The highest BCUT2D eigenvalue weighted by atomic mass is 16.5. The molecule has 21 heavy (non-hydrogen) atoms. The van der Waals surface area contributed by atoms with Gasteiger partial charge in [0, 0.05) is 19.3 Å². The minimum atomic E-state index is 0.390. The summed E-state index contributed by atoms with van der Waals surface area (Å²) in [5, 5.41) is 7.84. The molecule has 0 spiro atoms. The summed E-state index contributed by atoms with van der Waals surface area (Å²) in [4.78, 5) is 0. The van der Waals surface area contributed by atoms with Crippen LogP contribution in [0.4, 0.5) is 0 Å². The number of benzene rings is 1. The Hall–Kier alpha value is -1.65. The molecule has 2 aromatic rings. The van der Waals surface area contributed by atoms with Crippen molar-refractivity contribution in [1.29, 1.82) is 0 Å². The normalized spacial score (nSPS) is 15.1. The zero-order valence-electron chi connectivity index (χ0n) is 12.8. The zero-order valence-corrected chi connectivity index (χ0v) is 12.8. The number of nitrogens with one attached hydrogen (secondary N) is 1. The lowest BCUT2D eigenvalue weighted by Crippen LogP contribution is -2.21. The maximum absolute atomic E-state index is 5.51. The van der Waals surface area contributed by atoms with Crippen LogP contribution < -0.4 is 5.32 Å². The van der Waals surface area contributed by atoms with Crippen LogP contribution in [-0.4, -0.2) is 16.3 Å². The Morgan fingerprint density at radius 3 is 2.95 bits per heavy atom. The molecule has 4 heteroatoms. The van der Waals surface area contributed by atoms with E-state index in [-0.39, 0.29) is 0 Å². The summed E-state index contributed by atoms with van der Waals surface area (Å²) in [6, 6.07) is 7.15. The summed E-state index contributed by atoms with van der Waals surface area (Å²) >= 11 is 0. The summed E-state index contributed by atoms with van der Waals surface area (Å²) < 4.78 is 7.38. The lowest BCUT2D eigenvalue weighted by Gasteiger charge is -2.19. The molecule has 1 aliphatic heterocycles. The number of hydrogen-bond acceptors (Lipinski definition) is 3. The van der Waals surface area contributed by atoms with Crippen molar-refractivity contribution in [2.24, 2.45) is 7.05 Å². The molecule has 0 radical (unpaired) electrons. The summed E-state index contributed by atoms with van der Waals surface area (Å²) in [6.07, 6.45) is 6.18. The molecule has 1 aromatic heterocycles. The fourth-order valence-electron chi connectivity index (χ4n) is 2.95. The number of aromatic nitrogens is 2. The lowest BCUT2D eigenvalue weighted by molar-refractivity contribution is 0.134. The van der Waals surface area contributed by atoms with Gasteiger partial charge in [-0.2, -0.15) is 5.10 Å². The van der Waals surface area contributed by atoms with Crippen LogP contribution in [0.2, 0.25) is 0 Å². The van der Waals surface area contributed by atoms with E-state index in [1.165, 1.54) is 22.3 Å². The molecule has 4 nitrogen and oxygen atoms in total. The lowest BCUT2D eigenvalue weighted by atomic mass is 9.97. The number of nitrogens with zero attached hydrogens (tertiary/aromatic N) is 2. The maximum atomic E-state index is 5.51. The second-order valence-electron chi connectivity index (χ2n) is 5.69. The van der Waals surface area contributed by atoms with E-state index in [2.05, 4.69) is 41.7 Å². The first-order valence-electron chi connectivity index (χ1n) is 7.66. The topological polar surface area (TPSA) is 39.1 Å². The fraction of sp³-hybridized carbons (Fsp3) is 0.471. The van der Waals surface area contributed by atoms with Gasteiger partial charge in [0.15, 0.2) is 0 Å². The molecule has 112 valence electrons. The molecule has 1 atom stereocenters. The smallest absolute Gasteiger partial charge is 0.0725 e. The van der Waals surface area contributed by atoms with E-state index in [0.29, 0.717) is 6.04 Å². The van der Waals surface area contributed by atoms with E-state index < -0.39 is 0 Å². The van der Waals surface area contributed by atoms with E-state index in [1.54, 1.807) is 0 Å². The summed E-state index contributed by atoms with van der Waals surface area (Å²) in [5.74, 6) is 0. The molecule has 0 bridgehead atoms. The van der Waals surface area contributed by atoms with Crippen molar-refractivity contribution in [3.05, 3.63) is 52.8 Å². The Morgan fingerprint density at radius 1 is 1.33 bits per heavy atom. The van der Waals surface area contributed by atoms with Crippen LogP contribution >= 0.6 is 0 Å². The van der Waals surface area contributed by atoms with Crippen molar-refractivity contribution in [1.82, 2.24) is 15.1 Å². The molecule has 0 saturated heterocycles. The highest BCUT2D eigenvalue weighted by Gasteiger charge is 2.16. The Kier molecular flexibility index (Phi) is 4.36. The molecule has 2 heterocycles. The van der Waals surface area contributed by atoms with Crippen molar-refractivity contribution in [2.75, 3.05) is 6.54 Å². The van der Waals surface area contributed by atoms with Crippen LogP contribution in [-0.2, 0) is 31.4 Å². The molecular formula is C17H23N3O. The van der Waals surface area contributed by atoms with Crippen LogP contribution in [0, 0.1) is 0 Å². The minimum Gasteiger partial charge on any atom is -0.372 e. The molecule has 3 rings (SSSR count). The van der Waals surface area contributed by atoms with E-state index in [4.69, 9.17) is 4.74 Å². The second-order valence-corrected chi connectivity index (χ2v) is 5.69. The third-order valence-electron chi connectivity index (χ3n) is 4.08. The Labute approximate surface area is 126 Å². The van der Waals surface area contributed by atoms with Crippen molar-refractivity contribution in [3.8, 4) is 0 Å². The van der Waals surface area contributed by atoms with E-state index in [0.717, 1.165) is 32.6 Å². The van der Waals surface area contributed by atoms with E-state index in [1.807, 2.05) is 17.9 Å². The monoisotopic (exact) mass is 285 g/mol. The van der Waals surface area contributed by atoms with Gasteiger partial charge in [0.2, 0.25) is 0 Å². The standard InChI is InChI=1S/C17H23N3O/c1-3-18-17(7-4-13-9-19-20(2)10-13)14-5-6-15-11-21-12-16(15)8-14/h5-6,8-10,17-18H,3-4,7,11-12H2,1-2H3. The largest absolute Gasteiger partial charge is 0.372 e. The number of hydrogen-bond donors (Lipinski definition) is 1. The summed E-state index contributed by atoms with van der Waals surface area (Å²) in [5.41, 5.74) is 5.34. The minimum absolute atomic E-state index is 0.390. The predicted octanol–water partition coefficient (Wildman–Crippen LogP) is 2.73. The Balaban J connectivity index is 1.71. The first-order chi connectivity index (χ1) is 10.3. The van der Waals surface area contributed by atoms with E-state index in [9.17, 15) is 0 Å². The maximum Gasteiger partial charge on any atom is 0.0725 e. The third kappa shape index (κ3) is 3.34. The number of fused-ring (bicyclic) bond motifs is 1. The highest BCUT2D eigenvalue weighted by molar-refractivity contribution is 5.34. The molecule has 1 N–H and O–H groups in total. The molecule has 1 unspecified atom stereocenters. The number of aryl methyl sites for hydroxylation is 2.